The molecular weight excluding hydrogens is 374 g/mol. The first kappa shape index (κ1) is 20.8. The van der Waals surface area contributed by atoms with Gasteiger partial charge in [-0.2, -0.15) is 0 Å². The van der Waals surface area contributed by atoms with E-state index in [2.05, 4.69) is 41.2 Å². The molecule has 6 nitrogen and oxygen atoms in total. The molecule has 3 heterocycles. The monoisotopic (exact) mass is 407 g/mol. The summed E-state index contributed by atoms with van der Waals surface area (Å²) in [5.74, 6) is 2.47. The zero-order valence-corrected chi connectivity index (χ0v) is 18.1. The van der Waals surface area contributed by atoms with Crippen molar-refractivity contribution in [3.63, 3.8) is 0 Å². The van der Waals surface area contributed by atoms with Crippen LogP contribution in [0.3, 0.4) is 0 Å². The van der Waals surface area contributed by atoms with Crippen LogP contribution in [0.5, 0.6) is 0 Å². The summed E-state index contributed by atoms with van der Waals surface area (Å²) in [6.45, 7) is 7.24. The summed E-state index contributed by atoms with van der Waals surface area (Å²) in [6.07, 6.45) is 7.36. The standard InChI is InChI=1S/C24H33N5O/c1-16(2)14-19-15-29(13-12-26-19)21-10-9-18(8-7-17-5-6-17)22(28-21)23(30)20-4-3-11-27-24(20)25/h3-4,9-11,16-17,19,26H,5-8,12-15H2,1-2H3,(H2,25,27)/t19-/m0/s1. The number of carbonyl (C=O) groups is 1. The minimum Gasteiger partial charge on any atom is -0.383 e. The number of nitrogens with two attached hydrogens (primary N) is 1. The molecule has 1 aliphatic carbocycles. The molecule has 2 aliphatic rings. The van der Waals surface area contributed by atoms with Gasteiger partial charge in [0.25, 0.3) is 0 Å². The van der Waals surface area contributed by atoms with Crippen LogP contribution in [0.2, 0.25) is 0 Å². The van der Waals surface area contributed by atoms with E-state index < -0.39 is 0 Å². The van der Waals surface area contributed by atoms with Crippen LogP contribution in [0, 0.1) is 11.8 Å². The van der Waals surface area contributed by atoms with E-state index in [1.807, 2.05) is 0 Å². The molecule has 0 spiro atoms. The van der Waals surface area contributed by atoms with E-state index in [1.165, 1.54) is 12.8 Å². The number of carbonyl (C=O) groups excluding carboxylic acids is 1. The van der Waals surface area contributed by atoms with Crippen LogP contribution in [0.1, 0.15) is 61.1 Å². The number of pyridine rings is 2. The number of aryl methyl sites for hydroxylation is 1. The SMILES string of the molecule is CC(C)C[C@H]1CN(c2ccc(CCC3CC3)c(C(=O)c3cccnc3N)n2)CCN1. The average Bonchev–Trinajstić information content (AvgIpc) is 3.56. The van der Waals surface area contributed by atoms with Gasteiger partial charge in [-0.3, -0.25) is 4.79 Å². The molecule has 160 valence electrons. The molecule has 2 aromatic heterocycles. The van der Waals surface area contributed by atoms with Crippen LogP contribution in [-0.4, -0.2) is 41.4 Å². The highest BCUT2D eigenvalue weighted by Gasteiger charge is 2.26. The summed E-state index contributed by atoms with van der Waals surface area (Å²) >= 11 is 0. The minimum atomic E-state index is -0.123. The van der Waals surface area contributed by atoms with Gasteiger partial charge in [-0.1, -0.05) is 32.8 Å². The van der Waals surface area contributed by atoms with Gasteiger partial charge in [0.15, 0.2) is 0 Å². The van der Waals surface area contributed by atoms with E-state index in [1.54, 1.807) is 18.3 Å². The molecule has 6 heteroatoms. The van der Waals surface area contributed by atoms with Crippen LogP contribution in [0.4, 0.5) is 11.6 Å². The van der Waals surface area contributed by atoms with Gasteiger partial charge in [0.1, 0.15) is 17.3 Å². The van der Waals surface area contributed by atoms with E-state index in [0.29, 0.717) is 23.2 Å². The molecule has 0 bridgehead atoms. The second kappa shape index (κ2) is 9.13. The van der Waals surface area contributed by atoms with Crippen molar-refractivity contribution in [1.82, 2.24) is 15.3 Å². The second-order valence-corrected chi connectivity index (χ2v) is 9.15. The van der Waals surface area contributed by atoms with Gasteiger partial charge in [0.2, 0.25) is 5.78 Å². The predicted molar refractivity (Wildman–Crippen MR) is 121 cm³/mol. The lowest BCUT2D eigenvalue weighted by Crippen LogP contribution is -2.51. The summed E-state index contributed by atoms with van der Waals surface area (Å²) in [7, 11) is 0. The van der Waals surface area contributed by atoms with Gasteiger partial charge in [-0.25, -0.2) is 9.97 Å². The van der Waals surface area contributed by atoms with Crippen LogP contribution < -0.4 is 16.0 Å². The third-order valence-corrected chi connectivity index (χ3v) is 6.12. The first-order chi connectivity index (χ1) is 14.5. The van der Waals surface area contributed by atoms with Crippen LogP contribution >= 0.6 is 0 Å². The highest BCUT2D eigenvalue weighted by molar-refractivity contribution is 6.11. The second-order valence-electron chi connectivity index (χ2n) is 9.15. The van der Waals surface area contributed by atoms with Crippen molar-refractivity contribution in [2.24, 2.45) is 11.8 Å². The Morgan fingerprint density at radius 1 is 1.30 bits per heavy atom. The molecule has 1 saturated heterocycles. The number of nitrogens with one attached hydrogen (secondary N) is 1. The van der Waals surface area contributed by atoms with E-state index in [9.17, 15) is 4.79 Å². The molecular formula is C24H33N5O. The lowest BCUT2D eigenvalue weighted by atomic mass is 9.99. The quantitative estimate of drug-likeness (QED) is 0.652. The number of nitrogen functional groups attached to an aromatic ring is 1. The molecule has 0 unspecified atom stereocenters. The zero-order chi connectivity index (χ0) is 21.1. The Bertz CT molecular complexity index is 893. The molecule has 0 radical (unpaired) electrons. The minimum absolute atomic E-state index is 0.123. The molecule has 3 N–H and O–H groups in total. The van der Waals surface area contributed by atoms with Crippen molar-refractivity contribution >= 4 is 17.4 Å². The van der Waals surface area contributed by atoms with E-state index in [0.717, 1.165) is 56.2 Å². The Morgan fingerprint density at radius 3 is 2.87 bits per heavy atom. The number of piperazine rings is 1. The molecule has 0 aromatic carbocycles. The number of ketones is 1. The smallest absolute Gasteiger partial charge is 0.215 e. The van der Waals surface area contributed by atoms with Gasteiger partial charge in [-0.15, -0.1) is 0 Å². The Hall–Kier alpha value is -2.47. The summed E-state index contributed by atoms with van der Waals surface area (Å²) in [6, 6.07) is 8.13. The van der Waals surface area contributed by atoms with Gasteiger partial charge in [-0.05, 0) is 54.9 Å². The fourth-order valence-corrected chi connectivity index (χ4v) is 4.32. The number of hydrogen-bond donors (Lipinski definition) is 2. The van der Waals surface area contributed by atoms with Gasteiger partial charge >= 0.3 is 0 Å². The Morgan fingerprint density at radius 2 is 2.13 bits per heavy atom. The van der Waals surface area contributed by atoms with Gasteiger partial charge < -0.3 is 16.0 Å². The van der Waals surface area contributed by atoms with Crippen molar-refractivity contribution < 1.29 is 4.79 Å². The van der Waals surface area contributed by atoms with Crippen molar-refractivity contribution in [3.8, 4) is 0 Å². The zero-order valence-electron chi connectivity index (χ0n) is 18.1. The third kappa shape index (κ3) is 4.98. The number of hydrogen-bond acceptors (Lipinski definition) is 6. The molecule has 2 fully saturated rings. The lowest BCUT2D eigenvalue weighted by molar-refractivity contribution is 0.103. The summed E-state index contributed by atoms with van der Waals surface area (Å²) in [4.78, 5) is 24.7. The first-order valence-corrected chi connectivity index (χ1v) is 11.2. The Kier molecular flexibility index (Phi) is 6.32. The maximum Gasteiger partial charge on any atom is 0.215 e. The molecule has 1 atom stereocenters. The van der Waals surface area contributed by atoms with E-state index in [-0.39, 0.29) is 11.6 Å². The topological polar surface area (TPSA) is 84.1 Å². The molecule has 1 aliphatic heterocycles. The molecule has 1 saturated carbocycles. The summed E-state index contributed by atoms with van der Waals surface area (Å²) < 4.78 is 0. The average molecular weight is 408 g/mol. The first-order valence-electron chi connectivity index (χ1n) is 11.2. The van der Waals surface area contributed by atoms with Crippen molar-refractivity contribution in [2.75, 3.05) is 30.3 Å². The molecule has 0 amide bonds. The van der Waals surface area contributed by atoms with Crippen molar-refractivity contribution in [3.05, 3.63) is 47.3 Å². The number of nitrogens with zero attached hydrogens (tertiary/aromatic N) is 3. The van der Waals surface area contributed by atoms with Gasteiger partial charge in [0.05, 0.1) is 5.56 Å². The maximum atomic E-state index is 13.4. The van der Waals surface area contributed by atoms with Gasteiger partial charge in [0, 0.05) is 31.9 Å². The third-order valence-electron chi connectivity index (χ3n) is 6.12. The van der Waals surface area contributed by atoms with Crippen LogP contribution in [-0.2, 0) is 6.42 Å². The summed E-state index contributed by atoms with van der Waals surface area (Å²) in [5.41, 5.74) is 8.00. The number of anilines is 2. The lowest BCUT2D eigenvalue weighted by Gasteiger charge is -2.35. The highest BCUT2D eigenvalue weighted by atomic mass is 16.1. The summed E-state index contributed by atoms with van der Waals surface area (Å²) in [5, 5.41) is 3.61. The normalized spacial score (nSPS) is 19.3. The van der Waals surface area contributed by atoms with E-state index in [4.69, 9.17) is 10.7 Å². The number of aromatic nitrogens is 2. The molecule has 2 aromatic rings. The van der Waals surface area contributed by atoms with Crippen LogP contribution in [0.25, 0.3) is 0 Å². The Labute approximate surface area is 179 Å². The van der Waals surface area contributed by atoms with Crippen molar-refractivity contribution in [1.29, 1.82) is 0 Å². The van der Waals surface area contributed by atoms with Crippen molar-refractivity contribution in [2.45, 2.75) is 52.0 Å². The highest BCUT2D eigenvalue weighted by Crippen LogP contribution is 2.34. The number of rotatable bonds is 8. The maximum absolute atomic E-state index is 13.4. The van der Waals surface area contributed by atoms with Crippen LogP contribution in [0.15, 0.2) is 30.5 Å². The molecule has 30 heavy (non-hydrogen) atoms. The fraction of sp³-hybridized carbons (Fsp3) is 0.542. The van der Waals surface area contributed by atoms with E-state index >= 15 is 0 Å². The fourth-order valence-electron chi connectivity index (χ4n) is 4.32. The molecule has 4 rings (SSSR count). The largest absolute Gasteiger partial charge is 0.383 e. The Balaban J connectivity index is 1.62. The predicted octanol–water partition coefficient (Wildman–Crippen LogP) is 3.46.